The molecule has 0 saturated heterocycles. The summed E-state index contributed by atoms with van der Waals surface area (Å²) in [5, 5.41) is 8.71. The number of fused-ring (bicyclic) bond motifs is 4. The number of ketones is 2. The van der Waals surface area contributed by atoms with Crippen LogP contribution >= 0.6 is 0 Å². The molecule has 4 heterocycles. The molecule has 1 N–H and O–H groups in total. The summed E-state index contributed by atoms with van der Waals surface area (Å²) >= 11 is 0. The van der Waals surface area contributed by atoms with Crippen LogP contribution < -0.4 is 18.9 Å². The van der Waals surface area contributed by atoms with Gasteiger partial charge in [-0.2, -0.15) is 4.99 Å². The minimum absolute atomic E-state index is 0.0128. The summed E-state index contributed by atoms with van der Waals surface area (Å²) < 4.78 is 28.7. The van der Waals surface area contributed by atoms with Crippen molar-refractivity contribution < 1.29 is 47.7 Å². The lowest BCUT2D eigenvalue weighted by molar-refractivity contribution is -0.121. The topological polar surface area (TPSA) is 187 Å². The molecule has 15 heteroatoms. The van der Waals surface area contributed by atoms with Gasteiger partial charge in [-0.25, -0.2) is 4.79 Å². The molecular weight excluding hydrogens is 903 g/mol. The molecule has 1 fully saturated rings. The summed E-state index contributed by atoms with van der Waals surface area (Å²) in [4.78, 5) is 78.0. The number of ether oxygens (including phenoxy) is 5. The maximum atomic E-state index is 14.2. The fraction of sp³-hybridized carbons (Fsp3) is 0.393. The minimum Gasteiger partial charge on any atom is -0.493 e. The number of aliphatic imine (C=N–C) groups is 2. The molecule has 3 unspecified atom stereocenters. The first-order valence-corrected chi connectivity index (χ1v) is 24.3. The molecule has 1 aliphatic carbocycles. The molecule has 71 heavy (non-hydrogen) atoms. The predicted molar refractivity (Wildman–Crippen MR) is 271 cm³/mol. The van der Waals surface area contributed by atoms with Crippen molar-refractivity contribution in [3.63, 3.8) is 0 Å². The second kappa shape index (κ2) is 22.1. The molecule has 3 aromatic carbocycles. The van der Waals surface area contributed by atoms with E-state index in [1.54, 1.807) is 63.0 Å². The first kappa shape index (κ1) is 50.0. The van der Waals surface area contributed by atoms with Gasteiger partial charge < -0.3 is 38.9 Å². The van der Waals surface area contributed by atoms with Gasteiger partial charge in [-0.15, -0.1) is 0 Å². The van der Waals surface area contributed by atoms with Crippen molar-refractivity contribution in [3.05, 3.63) is 119 Å². The van der Waals surface area contributed by atoms with Gasteiger partial charge in [0.15, 0.2) is 28.8 Å². The summed E-state index contributed by atoms with van der Waals surface area (Å²) in [6.07, 6.45) is 15.5. The van der Waals surface area contributed by atoms with Crippen LogP contribution in [0.5, 0.6) is 23.0 Å². The molecule has 0 radical (unpaired) electrons. The fourth-order valence-electron chi connectivity index (χ4n) is 9.24. The summed E-state index contributed by atoms with van der Waals surface area (Å²) in [6.45, 7) is 9.35. The SMILES string of the molecule is C=CCOC(=O)N=C(C(=O)CCC(C)C(=O)CC(=N)c1ccc(C2=CN3C(=O)c4cc(OC)c(OCCCOc5cc6c(cc5OC)C(=O)N5C=C(C7CC7)CC5C=N6)cc4CC=CC3C2)cc1)C(C)C. The number of hydrogen-bond donors (Lipinski definition) is 1. The Morgan fingerprint density at radius 1 is 0.873 bits per heavy atom. The standard InChI is InChI=1S/C56H61N5O10/c1-7-20-71-56(66)59-53(33(2)3)47(62)19-12-34(4)48(63)28-45(57)37-17-15-36(16-18-37)39-23-41-11-8-10-38-25-51(49(67-5)26-43(38)54(64)60(41)31-39)69-21-9-22-70-52-29-46-44(27-50(52)68-6)55(65)61-32-40(35-13-14-35)24-42(61)30-58-46/h7-8,11,15-18,25-27,29-35,41-42,57H,1,9-10,12-14,19-24,28H2,2-6H3. The summed E-state index contributed by atoms with van der Waals surface area (Å²) in [7, 11) is 3.10. The van der Waals surface area contributed by atoms with Gasteiger partial charge in [0.1, 0.15) is 12.4 Å². The molecule has 370 valence electrons. The zero-order valence-electron chi connectivity index (χ0n) is 41.0. The van der Waals surface area contributed by atoms with E-state index in [0.717, 1.165) is 23.1 Å². The van der Waals surface area contributed by atoms with E-state index in [2.05, 4.69) is 23.7 Å². The maximum Gasteiger partial charge on any atom is 0.434 e. The number of nitrogens with zero attached hydrogens (tertiary/aromatic N) is 4. The smallest absolute Gasteiger partial charge is 0.434 e. The zero-order valence-corrected chi connectivity index (χ0v) is 41.0. The van der Waals surface area contributed by atoms with Crippen LogP contribution in [0.2, 0.25) is 0 Å². The number of Topliss-reactive ketones (excluding diaryl/α,β-unsaturated/α-hetero) is 2. The number of allylic oxidation sites excluding steroid dienone is 1. The third-order valence-corrected chi connectivity index (χ3v) is 13.5. The number of methoxy groups -OCH3 is 2. The molecule has 8 rings (SSSR count). The van der Waals surface area contributed by atoms with Crippen LogP contribution in [0, 0.1) is 23.2 Å². The highest BCUT2D eigenvalue weighted by atomic mass is 16.5. The van der Waals surface area contributed by atoms with Crippen molar-refractivity contribution in [2.45, 2.75) is 90.6 Å². The number of carbonyl (C=O) groups is 5. The molecule has 0 aromatic heterocycles. The Balaban J connectivity index is 0.844. The molecule has 0 spiro atoms. The highest BCUT2D eigenvalue weighted by Gasteiger charge is 2.38. The molecule has 5 aliphatic rings. The lowest BCUT2D eigenvalue weighted by atomic mass is 9.91. The fourth-order valence-corrected chi connectivity index (χ4v) is 9.24. The second-order valence-corrected chi connectivity index (χ2v) is 18.8. The predicted octanol–water partition coefficient (Wildman–Crippen LogP) is 9.88. The number of carbonyl (C=O) groups excluding carboxylic acids is 5. The van der Waals surface area contributed by atoms with Crippen LogP contribution in [-0.4, -0.2) is 103 Å². The van der Waals surface area contributed by atoms with Crippen molar-refractivity contribution in [2.24, 2.45) is 27.7 Å². The van der Waals surface area contributed by atoms with Gasteiger partial charge in [-0.05, 0) is 96.4 Å². The molecule has 3 aromatic rings. The van der Waals surface area contributed by atoms with Crippen molar-refractivity contribution in [1.29, 1.82) is 5.41 Å². The molecule has 3 amide bonds. The lowest BCUT2D eigenvalue weighted by Crippen LogP contribution is -2.33. The molecule has 15 nitrogen and oxygen atoms in total. The van der Waals surface area contributed by atoms with E-state index in [1.807, 2.05) is 48.9 Å². The van der Waals surface area contributed by atoms with E-state index in [1.165, 1.54) is 24.5 Å². The van der Waals surface area contributed by atoms with Crippen LogP contribution in [0.4, 0.5) is 10.5 Å². The lowest BCUT2D eigenvalue weighted by Gasteiger charge is -2.25. The largest absolute Gasteiger partial charge is 0.493 e. The van der Waals surface area contributed by atoms with Crippen LogP contribution in [0.25, 0.3) is 5.57 Å². The summed E-state index contributed by atoms with van der Waals surface area (Å²) in [5.74, 6) is 0.952. The highest BCUT2D eigenvalue weighted by molar-refractivity contribution is 6.41. The van der Waals surface area contributed by atoms with Gasteiger partial charge in [-0.1, -0.05) is 69.8 Å². The number of hydrogen-bond acceptors (Lipinski definition) is 12. The van der Waals surface area contributed by atoms with Crippen LogP contribution in [0.1, 0.15) is 110 Å². The Labute approximate surface area is 414 Å². The molecular formula is C56H61N5O10. The van der Waals surface area contributed by atoms with E-state index in [4.69, 9.17) is 34.1 Å². The monoisotopic (exact) mass is 963 g/mol. The maximum absolute atomic E-state index is 14.2. The van der Waals surface area contributed by atoms with Gasteiger partial charge >= 0.3 is 6.09 Å². The van der Waals surface area contributed by atoms with Crippen LogP contribution in [0.15, 0.2) is 101 Å². The average Bonchev–Trinajstić information content (AvgIpc) is 4.03. The summed E-state index contributed by atoms with van der Waals surface area (Å²) in [6, 6.07) is 14.2. The molecule has 0 bridgehead atoms. The molecule has 3 atom stereocenters. The Hall–Kier alpha value is -7.42. The van der Waals surface area contributed by atoms with Gasteiger partial charge in [0, 0.05) is 61.1 Å². The Morgan fingerprint density at radius 2 is 1.55 bits per heavy atom. The highest BCUT2D eigenvalue weighted by Crippen LogP contribution is 2.44. The van der Waals surface area contributed by atoms with E-state index in [9.17, 15) is 24.0 Å². The number of nitrogens with one attached hydrogen (secondary N) is 1. The first-order valence-electron chi connectivity index (χ1n) is 24.3. The zero-order chi connectivity index (χ0) is 50.3. The minimum atomic E-state index is -0.858. The van der Waals surface area contributed by atoms with E-state index >= 15 is 0 Å². The third-order valence-electron chi connectivity index (χ3n) is 13.5. The van der Waals surface area contributed by atoms with Gasteiger partial charge in [0.2, 0.25) is 0 Å². The number of amides is 3. The number of rotatable bonds is 21. The quantitative estimate of drug-likeness (QED) is 0.0612. The Bertz CT molecular complexity index is 2780. The van der Waals surface area contributed by atoms with E-state index < -0.39 is 12.0 Å². The van der Waals surface area contributed by atoms with Crippen molar-refractivity contribution >= 4 is 58.4 Å². The molecule has 1 saturated carbocycles. The van der Waals surface area contributed by atoms with Gasteiger partial charge in [0.25, 0.3) is 11.8 Å². The van der Waals surface area contributed by atoms with Crippen molar-refractivity contribution in [1.82, 2.24) is 9.80 Å². The van der Waals surface area contributed by atoms with E-state index in [0.29, 0.717) is 83.8 Å². The third kappa shape index (κ3) is 11.5. The van der Waals surface area contributed by atoms with Crippen molar-refractivity contribution in [2.75, 3.05) is 34.0 Å². The van der Waals surface area contributed by atoms with Crippen LogP contribution in [0.3, 0.4) is 0 Å². The van der Waals surface area contributed by atoms with Crippen LogP contribution in [-0.2, 0) is 20.7 Å². The molecule has 4 aliphatic heterocycles. The summed E-state index contributed by atoms with van der Waals surface area (Å²) in [5.41, 5.74) is 6.40. The number of benzene rings is 3. The Morgan fingerprint density at radius 3 is 2.23 bits per heavy atom. The normalized spacial score (nSPS) is 18.5. The van der Waals surface area contributed by atoms with Crippen molar-refractivity contribution in [3.8, 4) is 23.0 Å². The van der Waals surface area contributed by atoms with E-state index in [-0.39, 0.29) is 78.7 Å². The average molecular weight is 964 g/mol. The van der Waals surface area contributed by atoms with Gasteiger partial charge in [-0.3, -0.25) is 24.2 Å². The second-order valence-electron chi connectivity index (χ2n) is 18.8. The first-order chi connectivity index (χ1) is 34.3. The van der Waals surface area contributed by atoms with Gasteiger partial charge in [0.05, 0.1) is 56.5 Å². The Kier molecular flexibility index (Phi) is 15.6.